The van der Waals surface area contributed by atoms with Crippen molar-refractivity contribution in [2.75, 3.05) is 26.2 Å². The summed E-state index contributed by atoms with van der Waals surface area (Å²) in [5, 5.41) is 3.35. The molecule has 4 heteroatoms. The molecule has 3 aliphatic heterocycles. The molecule has 3 saturated heterocycles. The fourth-order valence-electron chi connectivity index (χ4n) is 4.14. The summed E-state index contributed by atoms with van der Waals surface area (Å²) >= 11 is 0. The zero-order valence-electron chi connectivity index (χ0n) is 13.5. The molecule has 2 unspecified atom stereocenters. The molecule has 0 saturated carbocycles. The van der Waals surface area contributed by atoms with E-state index in [-0.39, 0.29) is 5.82 Å². The molecule has 1 aromatic rings. The van der Waals surface area contributed by atoms with Gasteiger partial charge in [-0.05, 0) is 38.1 Å². The number of rotatable bonds is 2. The number of fused-ring (bicyclic) bond motifs is 1. The van der Waals surface area contributed by atoms with Crippen LogP contribution in [0.25, 0.3) is 0 Å². The number of nitrogens with zero attached hydrogens (tertiary/aromatic N) is 1. The fourth-order valence-corrected chi connectivity index (χ4v) is 4.14. The van der Waals surface area contributed by atoms with Crippen LogP contribution in [0.1, 0.15) is 50.6 Å². The molecule has 3 fully saturated rings. The average Bonchev–Trinajstić information content (AvgIpc) is 2.76. The molecular weight excluding hydrogens is 277 g/mol. The lowest BCUT2D eigenvalue weighted by Crippen LogP contribution is -3.25. The molecule has 122 valence electrons. The van der Waals surface area contributed by atoms with Crippen molar-refractivity contribution in [1.82, 2.24) is 10.3 Å². The van der Waals surface area contributed by atoms with E-state index >= 15 is 0 Å². The van der Waals surface area contributed by atoms with Gasteiger partial charge in [-0.25, -0.2) is 4.39 Å². The van der Waals surface area contributed by atoms with Gasteiger partial charge < -0.3 is 10.2 Å². The van der Waals surface area contributed by atoms with Gasteiger partial charge in [0, 0.05) is 25.5 Å². The molecule has 0 bridgehead atoms. The second-order valence-electron chi connectivity index (χ2n) is 7.01. The van der Waals surface area contributed by atoms with E-state index in [9.17, 15) is 4.39 Å². The lowest BCUT2D eigenvalue weighted by Gasteiger charge is -2.44. The van der Waals surface area contributed by atoms with Crippen LogP contribution in [0.5, 0.6) is 0 Å². The minimum Gasteiger partial charge on any atom is -0.329 e. The van der Waals surface area contributed by atoms with Gasteiger partial charge in [-0.1, -0.05) is 12.8 Å². The summed E-state index contributed by atoms with van der Waals surface area (Å²) in [5.74, 6) is -0.134. The van der Waals surface area contributed by atoms with Crippen LogP contribution in [0.4, 0.5) is 4.39 Å². The molecule has 22 heavy (non-hydrogen) atoms. The molecule has 2 N–H and O–H groups in total. The molecule has 0 aromatic carbocycles. The molecule has 3 nitrogen and oxygen atoms in total. The number of nitrogens with one attached hydrogen (secondary N) is 2. The van der Waals surface area contributed by atoms with Crippen molar-refractivity contribution in [1.29, 1.82) is 0 Å². The Morgan fingerprint density at radius 3 is 2.55 bits per heavy atom. The third-order valence-corrected chi connectivity index (χ3v) is 5.59. The Morgan fingerprint density at radius 2 is 1.91 bits per heavy atom. The second kappa shape index (κ2) is 7.51. The zero-order valence-corrected chi connectivity index (χ0v) is 13.5. The molecule has 0 aliphatic carbocycles. The Bertz CT molecular complexity index is 460. The summed E-state index contributed by atoms with van der Waals surface area (Å²) in [4.78, 5) is 5.84. The Kier molecular flexibility index (Phi) is 5.42. The number of quaternary nitrogens is 1. The first-order chi connectivity index (χ1) is 10.8. The van der Waals surface area contributed by atoms with Crippen molar-refractivity contribution in [2.45, 2.75) is 56.9 Å². The Morgan fingerprint density at radius 1 is 1.09 bits per heavy atom. The highest BCUT2D eigenvalue weighted by Crippen LogP contribution is 2.28. The maximum Gasteiger partial charge on any atom is 0.144 e. The van der Waals surface area contributed by atoms with Crippen molar-refractivity contribution in [2.24, 2.45) is 0 Å². The van der Waals surface area contributed by atoms with Gasteiger partial charge in [-0.3, -0.25) is 4.98 Å². The van der Waals surface area contributed by atoms with E-state index in [1.165, 1.54) is 77.2 Å². The van der Waals surface area contributed by atoms with Crippen LogP contribution >= 0.6 is 0 Å². The van der Waals surface area contributed by atoms with Gasteiger partial charge in [0.15, 0.2) is 0 Å². The SMILES string of the molecule is C1CCCNCC1.Fc1cccnc1CC12CCC[NH+]1CC2. The van der Waals surface area contributed by atoms with Crippen LogP contribution in [0, 0.1) is 5.82 Å². The quantitative estimate of drug-likeness (QED) is 0.871. The summed E-state index contributed by atoms with van der Waals surface area (Å²) in [5.41, 5.74) is 1.01. The van der Waals surface area contributed by atoms with Gasteiger partial charge >= 0.3 is 0 Å². The number of aromatic nitrogens is 1. The van der Waals surface area contributed by atoms with E-state index in [4.69, 9.17) is 0 Å². The molecule has 0 radical (unpaired) electrons. The first-order valence-corrected chi connectivity index (χ1v) is 8.95. The maximum absolute atomic E-state index is 13.5. The predicted molar refractivity (Wildman–Crippen MR) is 86.5 cm³/mol. The number of hydrogen-bond acceptors (Lipinski definition) is 2. The molecule has 0 spiro atoms. The highest BCUT2D eigenvalue weighted by molar-refractivity contribution is 5.11. The molecule has 4 heterocycles. The standard InChI is InChI=1S/C12H15FN2.C6H13N/c13-10-3-1-6-14-11(10)9-12-4-2-7-15(12)8-5-12;1-2-4-6-7-5-3-1/h1,3,6H,2,4-5,7-9H2;7H,1-6H2/p+1. The van der Waals surface area contributed by atoms with Gasteiger partial charge in [0.2, 0.25) is 0 Å². The van der Waals surface area contributed by atoms with Crippen molar-refractivity contribution in [3.63, 3.8) is 0 Å². The summed E-state index contributed by atoms with van der Waals surface area (Å²) in [6.45, 7) is 5.04. The Hall–Kier alpha value is -1.00. The number of pyridine rings is 1. The number of hydrogen-bond donors (Lipinski definition) is 2. The van der Waals surface area contributed by atoms with E-state index in [2.05, 4.69) is 10.3 Å². The van der Waals surface area contributed by atoms with Crippen molar-refractivity contribution < 1.29 is 9.29 Å². The zero-order chi connectivity index (χ0) is 15.3. The largest absolute Gasteiger partial charge is 0.329 e. The molecule has 0 amide bonds. The van der Waals surface area contributed by atoms with Gasteiger partial charge in [0.05, 0.1) is 25.2 Å². The van der Waals surface area contributed by atoms with Gasteiger partial charge in [-0.2, -0.15) is 0 Å². The molecule has 3 aliphatic rings. The van der Waals surface area contributed by atoms with E-state index in [1.807, 2.05) is 0 Å². The van der Waals surface area contributed by atoms with E-state index < -0.39 is 0 Å². The Balaban J connectivity index is 0.000000174. The summed E-state index contributed by atoms with van der Waals surface area (Å²) in [7, 11) is 0. The third-order valence-electron chi connectivity index (χ3n) is 5.59. The topological polar surface area (TPSA) is 29.4 Å². The van der Waals surface area contributed by atoms with Crippen molar-refractivity contribution >= 4 is 0 Å². The van der Waals surface area contributed by atoms with Crippen molar-refractivity contribution in [3.8, 4) is 0 Å². The van der Waals surface area contributed by atoms with Gasteiger partial charge in [0.25, 0.3) is 0 Å². The lowest BCUT2D eigenvalue weighted by atomic mass is 9.80. The number of halogens is 1. The van der Waals surface area contributed by atoms with Crippen LogP contribution < -0.4 is 10.2 Å². The highest BCUT2D eigenvalue weighted by atomic mass is 19.1. The third kappa shape index (κ3) is 3.66. The van der Waals surface area contributed by atoms with E-state index in [1.54, 1.807) is 17.2 Å². The second-order valence-corrected chi connectivity index (χ2v) is 7.01. The van der Waals surface area contributed by atoms with E-state index in [0.717, 1.165) is 6.42 Å². The first kappa shape index (κ1) is 15.9. The Labute approximate surface area is 133 Å². The minimum absolute atomic E-state index is 0.134. The van der Waals surface area contributed by atoms with E-state index in [0.29, 0.717) is 11.2 Å². The van der Waals surface area contributed by atoms with Crippen LogP contribution in [0.3, 0.4) is 0 Å². The monoisotopic (exact) mass is 306 g/mol. The average molecular weight is 306 g/mol. The fraction of sp³-hybridized carbons (Fsp3) is 0.722. The van der Waals surface area contributed by atoms with Crippen LogP contribution in [-0.2, 0) is 6.42 Å². The minimum atomic E-state index is -0.134. The van der Waals surface area contributed by atoms with Crippen LogP contribution in [0.15, 0.2) is 18.3 Å². The highest BCUT2D eigenvalue weighted by Gasteiger charge is 2.53. The summed E-state index contributed by atoms with van der Waals surface area (Å²) in [6.07, 6.45) is 12.0. The molecular formula is C18H29FN3+. The normalized spacial score (nSPS) is 30.5. The van der Waals surface area contributed by atoms with Gasteiger partial charge in [0.1, 0.15) is 11.4 Å². The first-order valence-electron chi connectivity index (χ1n) is 8.95. The maximum atomic E-state index is 13.5. The predicted octanol–water partition coefficient (Wildman–Crippen LogP) is 1.73. The summed E-state index contributed by atoms with van der Waals surface area (Å²) < 4.78 is 13.5. The van der Waals surface area contributed by atoms with Gasteiger partial charge in [-0.15, -0.1) is 0 Å². The molecule has 1 aromatic heterocycles. The lowest BCUT2D eigenvalue weighted by molar-refractivity contribution is -0.983. The molecule has 4 rings (SSSR count). The van der Waals surface area contributed by atoms with Crippen LogP contribution in [0.2, 0.25) is 0 Å². The smallest absolute Gasteiger partial charge is 0.144 e. The molecule has 2 atom stereocenters. The van der Waals surface area contributed by atoms with Crippen LogP contribution in [-0.4, -0.2) is 36.7 Å². The van der Waals surface area contributed by atoms with Crippen molar-refractivity contribution in [3.05, 3.63) is 29.8 Å². The summed E-state index contributed by atoms with van der Waals surface area (Å²) in [6, 6.07) is 3.18.